The Morgan fingerprint density at radius 2 is 2.47 bits per heavy atom. The topological polar surface area (TPSA) is 106 Å². The zero-order valence-corrected chi connectivity index (χ0v) is 10.5. The maximum Gasteiger partial charge on any atom is 0.243 e. The lowest BCUT2D eigenvalue weighted by Gasteiger charge is -2.13. The first-order valence-corrected chi connectivity index (χ1v) is 5.94. The second-order valence-corrected chi connectivity index (χ2v) is 3.98. The molecule has 2 N–H and O–H groups in total. The normalized spacial score (nSPS) is 12.3. The lowest BCUT2D eigenvalue weighted by Crippen LogP contribution is -2.39. The number of furan rings is 1. The molecule has 0 saturated carbocycles. The highest BCUT2D eigenvalue weighted by molar-refractivity contribution is 5.75. The molecule has 0 aromatic carbocycles. The van der Waals surface area contributed by atoms with Crippen LogP contribution in [0.3, 0.4) is 0 Å². The molecular formula is C11H15N5O3. The van der Waals surface area contributed by atoms with E-state index in [2.05, 4.69) is 20.7 Å². The minimum Gasteiger partial charge on any atom is -0.461 e. The molecule has 0 fully saturated rings. The van der Waals surface area contributed by atoms with Gasteiger partial charge in [0.1, 0.15) is 6.54 Å². The highest BCUT2D eigenvalue weighted by Gasteiger charge is 2.13. The number of nitrogens with zero attached hydrogens (tertiary/aromatic N) is 4. The van der Waals surface area contributed by atoms with Crippen LogP contribution in [-0.2, 0) is 11.3 Å². The summed E-state index contributed by atoms with van der Waals surface area (Å²) in [5, 5.41) is 23.2. The van der Waals surface area contributed by atoms with E-state index in [1.807, 2.05) is 6.92 Å². The molecule has 2 heterocycles. The molecule has 1 amide bonds. The predicted octanol–water partition coefficient (Wildman–Crippen LogP) is -0.180. The number of amides is 1. The summed E-state index contributed by atoms with van der Waals surface area (Å²) in [6.45, 7) is 1.73. The van der Waals surface area contributed by atoms with Crippen LogP contribution in [0.5, 0.6) is 0 Å². The molecule has 0 radical (unpaired) electrons. The van der Waals surface area contributed by atoms with E-state index in [-0.39, 0.29) is 25.1 Å². The van der Waals surface area contributed by atoms with Gasteiger partial charge in [0.25, 0.3) is 0 Å². The molecule has 0 spiro atoms. The molecule has 0 aliphatic heterocycles. The second-order valence-electron chi connectivity index (χ2n) is 3.98. The summed E-state index contributed by atoms with van der Waals surface area (Å²) < 4.78 is 5.13. The number of aliphatic hydroxyl groups is 1. The van der Waals surface area contributed by atoms with Gasteiger partial charge in [-0.05, 0) is 23.8 Å². The minimum atomic E-state index is -0.274. The van der Waals surface area contributed by atoms with E-state index in [0.717, 1.165) is 0 Å². The number of rotatable bonds is 6. The maximum atomic E-state index is 11.7. The van der Waals surface area contributed by atoms with Crippen LogP contribution in [0, 0.1) is 0 Å². The number of aliphatic hydroxyl groups excluding tert-OH is 1. The van der Waals surface area contributed by atoms with Crippen molar-refractivity contribution in [2.75, 3.05) is 6.61 Å². The Hall–Kier alpha value is -2.22. The molecule has 0 aliphatic carbocycles. The molecule has 19 heavy (non-hydrogen) atoms. The molecule has 1 unspecified atom stereocenters. The Bertz CT molecular complexity index is 518. The number of carbonyl (C=O) groups excluding carboxylic acids is 1. The molecular weight excluding hydrogens is 250 g/mol. The van der Waals surface area contributed by atoms with E-state index >= 15 is 0 Å². The van der Waals surface area contributed by atoms with E-state index in [1.165, 1.54) is 11.1 Å². The summed E-state index contributed by atoms with van der Waals surface area (Å²) >= 11 is 0. The van der Waals surface area contributed by atoms with E-state index in [9.17, 15) is 4.79 Å². The van der Waals surface area contributed by atoms with Crippen molar-refractivity contribution in [1.82, 2.24) is 25.5 Å². The fourth-order valence-corrected chi connectivity index (χ4v) is 1.49. The Morgan fingerprint density at radius 3 is 3.11 bits per heavy atom. The predicted molar refractivity (Wildman–Crippen MR) is 64.8 cm³/mol. The van der Waals surface area contributed by atoms with Crippen molar-refractivity contribution in [2.24, 2.45) is 0 Å². The highest BCUT2D eigenvalue weighted by Crippen LogP contribution is 2.12. The fourth-order valence-electron chi connectivity index (χ4n) is 1.49. The van der Waals surface area contributed by atoms with Crippen molar-refractivity contribution >= 4 is 5.91 Å². The molecule has 102 valence electrons. The van der Waals surface area contributed by atoms with Crippen molar-refractivity contribution < 1.29 is 14.3 Å². The average Bonchev–Trinajstić information content (AvgIpc) is 3.06. The van der Waals surface area contributed by atoms with Crippen LogP contribution < -0.4 is 5.32 Å². The van der Waals surface area contributed by atoms with Crippen LogP contribution in [0.25, 0.3) is 11.6 Å². The van der Waals surface area contributed by atoms with E-state index < -0.39 is 0 Å². The van der Waals surface area contributed by atoms with Crippen LogP contribution in [-0.4, -0.2) is 43.9 Å². The summed E-state index contributed by atoms with van der Waals surface area (Å²) in [4.78, 5) is 12.8. The van der Waals surface area contributed by atoms with Gasteiger partial charge in [0.05, 0.1) is 18.9 Å². The van der Waals surface area contributed by atoms with Gasteiger partial charge in [-0.25, -0.2) is 0 Å². The van der Waals surface area contributed by atoms with Crippen LogP contribution in [0.1, 0.15) is 13.3 Å². The van der Waals surface area contributed by atoms with Gasteiger partial charge < -0.3 is 14.8 Å². The fraction of sp³-hybridized carbons (Fsp3) is 0.455. The lowest BCUT2D eigenvalue weighted by atomic mass is 10.2. The van der Waals surface area contributed by atoms with Gasteiger partial charge in [-0.1, -0.05) is 6.92 Å². The summed E-state index contributed by atoms with van der Waals surface area (Å²) in [6, 6.07) is 3.18. The monoisotopic (exact) mass is 265 g/mol. The number of nitrogens with one attached hydrogen (secondary N) is 1. The van der Waals surface area contributed by atoms with Gasteiger partial charge in [0, 0.05) is 0 Å². The first-order valence-electron chi connectivity index (χ1n) is 5.94. The zero-order valence-electron chi connectivity index (χ0n) is 10.5. The molecule has 0 saturated heterocycles. The third-order valence-electron chi connectivity index (χ3n) is 2.56. The second kappa shape index (κ2) is 6.10. The smallest absolute Gasteiger partial charge is 0.243 e. The quantitative estimate of drug-likeness (QED) is 0.750. The Kier molecular flexibility index (Phi) is 4.24. The molecule has 8 heteroatoms. The Balaban J connectivity index is 1.95. The summed E-state index contributed by atoms with van der Waals surface area (Å²) in [5.41, 5.74) is 0. The van der Waals surface area contributed by atoms with E-state index in [0.29, 0.717) is 18.0 Å². The third-order valence-corrected chi connectivity index (χ3v) is 2.56. The zero-order chi connectivity index (χ0) is 13.7. The first-order chi connectivity index (χ1) is 9.22. The van der Waals surface area contributed by atoms with Gasteiger partial charge in [0.2, 0.25) is 11.7 Å². The van der Waals surface area contributed by atoms with Gasteiger partial charge in [-0.15, -0.1) is 10.2 Å². The number of hydrogen-bond acceptors (Lipinski definition) is 6. The lowest BCUT2D eigenvalue weighted by molar-refractivity contribution is -0.123. The van der Waals surface area contributed by atoms with Gasteiger partial charge >= 0.3 is 0 Å². The van der Waals surface area contributed by atoms with E-state index in [1.54, 1.807) is 12.1 Å². The van der Waals surface area contributed by atoms with Crippen molar-refractivity contribution in [1.29, 1.82) is 0 Å². The van der Waals surface area contributed by atoms with Crippen molar-refractivity contribution in [3.05, 3.63) is 18.4 Å². The molecule has 2 aromatic heterocycles. The Labute approximate surface area is 109 Å². The summed E-state index contributed by atoms with van der Waals surface area (Å²) in [5.74, 6) is 0.546. The van der Waals surface area contributed by atoms with Crippen LogP contribution in [0.4, 0.5) is 0 Å². The van der Waals surface area contributed by atoms with Crippen LogP contribution in [0.2, 0.25) is 0 Å². The summed E-state index contributed by atoms with van der Waals surface area (Å²) in [7, 11) is 0. The van der Waals surface area contributed by atoms with Gasteiger partial charge in [-0.2, -0.15) is 4.80 Å². The van der Waals surface area contributed by atoms with Gasteiger partial charge in [-0.3, -0.25) is 4.79 Å². The molecule has 8 nitrogen and oxygen atoms in total. The molecule has 0 aliphatic rings. The maximum absolute atomic E-state index is 11.7. The SMILES string of the molecule is CCC(CO)NC(=O)Cn1nnc(-c2ccco2)n1. The largest absolute Gasteiger partial charge is 0.461 e. The van der Waals surface area contributed by atoms with Gasteiger partial charge in [0.15, 0.2) is 5.76 Å². The standard InChI is InChI=1S/C11H15N5O3/c1-2-8(7-17)12-10(18)6-16-14-11(13-15-16)9-4-3-5-19-9/h3-5,8,17H,2,6-7H2,1H3,(H,12,18). The third kappa shape index (κ3) is 3.38. The van der Waals surface area contributed by atoms with Crippen LogP contribution >= 0.6 is 0 Å². The molecule has 2 rings (SSSR count). The van der Waals surface area contributed by atoms with Crippen molar-refractivity contribution in [2.45, 2.75) is 25.9 Å². The highest BCUT2D eigenvalue weighted by atomic mass is 16.3. The molecule has 1 atom stereocenters. The minimum absolute atomic E-state index is 0.0514. The molecule has 2 aromatic rings. The number of tetrazole rings is 1. The average molecular weight is 265 g/mol. The summed E-state index contributed by atoms with van der Waals surface area (Å²) in [6.07, 6.45) is 2.17. The van der Waals surface area contributed by atoms with Crippen molar-refractivity contribution in [3.63, 3.8) is 0 Å². The number of carbonyl (C=O) groups is 1. The van der Waals surface area contributed by atoms with Crippen LogP contribution in [0.15, 0.2) is 22.8 Å². The number of aromatic nitrogens is 4. The Morgan fingerprint density at radius 1 is 1.63 bits per heavy atom. The first kappa shape index (κ1) is 13.2. The number of hydrogen-bond donors (Lipinski definition) is 2. The van der Waals surface area contributed by atoms with E-state index in [4.69, 9.17) is 9.52 Å². The van der Waals surface area contributed by atoms with Crippen molar-refractivity contribution in [3.8, 4) is 11.6 Å². The molecule has 0 bridgehead atoms.